The van der Waals surface area contributed by atoms with Gasteiger partial charge in [0.2, 0.25) is 5.91 Å². The monoisotopic (exact) mass is 585 g/mol. The lowest BCUT2D eigenvalue weighted by Gasteiger charge is -2.18. The van der Waals surface area contributed by atoms with Gasteiger partial charge in [0.15, 0.2) is 5.12 Å². The van der Waals surface area contributed by atoms with E-state index in [4.69, 9.17) is 14.6 Å². The van der Waals surface area contributed by atoms with Crippen LogP contribution < -0.4 is 14.8 Å². The summed E-state index contributed by atoms with van der Waals surface area (Å²) in [5.41, 5.74) is 2.65. The van der Waals surface area contributed by atoms with Gasteiger partial charge in [-0.05, 0) is 43.4 Å². The minimum absolute atomic E-state index is 0.0878. The Balaban J connectivity index is 1.92. The number of rotatable bonds is 13. The second-order valence-corrected chi connectivity index (χ2v) is 11.2. The van der Waals surface area contributed by atoms with E-state index in [1.54, 1.807) is 34.9 Å². The number of para-hydroxylation sites is 1. The quantitative estimate of drug-likeness (QED) is 0.183. The molecule has 1 atom stereocenters. The van der Waals surface area contributed by atoms with Gasteiger partial charge in [-0.25, -0.2) is 9.18 Å². The Kier molecular flexibility index (Phi) is 11.3. The molecule has 0 aliphatic heterocycles. The summed E-state index contributed by atoms with van der Waals surface area (Å²) in [5, 5.41) is 11.4. The lowest BCUT2D eigenvalue weighted by molar-refractivity contribution is -0.121. The molecule has 0 fully saturated rings. The van der Waals surface area contributed by atoms with Gasteiger partial charge in [0.1, 0.15) is 11.6 Å². The molecule has 41 heavy (non-hydrogen) atoms. The van der Waals surface area contributed by atoms with E-state index in [1.165, 1.54) is 19.1 Å². The Labute approximate surface area is 243 Å². The summed E-state index contributed by atoms with van der Waals surface area (Å²) in [6.45, 7) is 9.77. The number of thioether (sulfide) groups is 1. The van der Waals surface area contributed by atoms with E-state index < -0.39 is 17.2 Å². The minimum atomic E-state index is -1.46. The van der Waals surface area contributed by atoms with Crippen molar-refractivity contribution in [3.8, 4) is 22.9 Å². The van der Waals surface area contributed by atoms with Crippen molar-refractivity contribution >= 4 is 28.9 Å². The number of benzene rings is 2. The zero-order valence-corrected chi connectivity index (χ0v) is 24.7. The van der Waals surface area contributed by atoms with E-state index in [9.17, 15) is 14.4 Å². The summed E-state index contributed by atoms with van der Waals surface area (Å²) in [4.78, 5) is 40.5. The van der Waals surface area contributed by atoms with Crippen LogP contribution in [0.1, 0.15) is 58.0 Å². The number of amides is 1. The highest BCUT2D eigenvalue weighted by Gasteiger charge is 2.25. The first-order chi connectivity index (χ1) is 19.5. The number of carboxylic acid groups (broad SMARTS) is 1. The average molecular weight is 586 g/mol. The number of carbonyl (C=O) groups excluding carboxylic acids is 2. The van der Waals surface area contributed by atoms with E-state index in [1.807, 2.05) is 27.7 Å². The van der Waals surface area contributed by atoms with Crippen LogP contribution in [0.25, 0.3) is 11.1 Å². The first kappa shape index (κ1) is 31.7. The van der Waals surface area contributed by atoms with Gasteiger partial charge in [0.25, 0.3) is 6.01 Å². The molecular weight excluding hydrogens is 549 g/mol. The van der Waals surface area contributed by atoms with Gasteiger partial charge in [-0.3, -0.25) is 14.2 Å². The topological polar surface area (TPSA) is 120 Å². The summed E-state index contributed by atoms with van der Waals surface area (Å²) in [6.07, 6.45) is -0.337. The second-order valence-electron chi connectivity index (χ2n) is 9.78. The first-order valence-electron chi connectivity index (χ1n) is 13.5. The number of hydrogen-bond acceptors (Lipinski definition) is 7. The van der Waals surface area contributed by atoms with Crippen molar-refractivity contribution in [2.75, 3.05) is 6.61 Å². The normalized spacial score (nSPS) is 11.8. The average Bonchev–Trinajstić information content (AvgIpc) is 3.23. The molecule has 9 nitrogen and oxygen atoms in total. The molecular formula is C30H36FN3O6S. The van der Waals surface area contributed by atoms with Crippen LogP contribution in [0.2, 0.25) is 0 Å². The maximum Gasteiger partial charge on any atom is 0.511 e. The second kappa shape index (κ2) is 14.7. The summed E-state index contributed by atoms with van der Waals surface area (Å²) in [6, 6.07) is 11.5. The van der Waals surface area contributed by atoms with E-state index in [2.05, 4.69) is 10.3 Å². The zero-order chi connectivity index (χ0) is 30.1. The van der Waals surface area contributed by atoms with Gasteiger partial charge in [-0.2, -0.15) is 4.98 Å². The fourth-order valence-electron chi connectivity index (χ4n) is 4.42. The number of imidazole rings is 1. The van der Waals surface area contributed by atoms with E-state index in [0.717, 1.165) is 11.8 Å². The van der Waals surface area contributed by atoms with Crippen LogP contribution in [-0.2, 0) is 29.1 Å². The van der Waals surface area contributed by atoms with Crippen LogP contribution in [0.3, 0.4) is 0 Å². The van der Waals surface area contributed by atoms with Crippen LogP contribution in [0.15, 0.2) is 42.5 Å². The van der Waals surface area contributed by atoms with Crippen LogP contribution in [0, 0.1) is 11.7 Å². The van der Waals surface area contributed by atoms with Crippen molar-refractivity contribution in [3.63, 3.8) is 0 Å². The Hall–Kier alpha value is -3.86. The summed E-state index contributed by atoms with van der Waals surface area (Å²) in [7, 11) is 0. The number of aryl methyl sites for hydroxylation is 1. The molecule has 11 heteroatoms. The summed E-state index contributed by atoms with van der Waals surface area (Å²) in [5.74, 6) is -0.423. The molecule has 1 heterocycles. The standard InChI is InChI=1S/C30H36FN3O6S/c1-6-24-25(16-32-28(36)27(14-18(3)4)41-19(5)35)34(29(33-24)39-7-2)17-21-13-12-20(15-23(21)31)22-10-8-9-11-26(22)40-30(37)38/h8-13,15,18,27H,6-7,14,16-17H2,1-5H3,(H,32,36)(H,37,38)/t27-/m0/s1. The Morgan fingerprint density at radius 1 is 1.15 bits per heavy atom. The number of ether oxygens (including phenoxy) is 2. The van der Waals surface area contributed by atoms with E-state index in [0.29, 0.717) is 53.5 Å². The largest absolute Gasteiger partial charge is 0.511 e. The first-order valence-corrected chi connectivity index (χ1v) is 14.4. The maximum atomic E-state index is 15.5. The van der Waals surface area contributed by atoms with Gasteiger partial charge >= 0.3 is 6.16 Å². The fourth-order valence-corrected chi connectivity index (χ4v) is 5.49. The molecule has 0 bridgehead atoms. The van der Waals surface area contributed by atoms with Gasteiger partial charge in [0.05, 0.1) is 36.3 Å². The fraction of sp³-hybridized carbons (Fsp3) is 0.400. The number of hydrogen-bond donors (Lipinski definition) is 2. The molecule has 3 aromatic rings. The third-order valence-corrected chi connectivity index (χ3v) is 7.24. The van der Waals surface area contributed by atoms with Crippen molar-refractivity contribution in [2.24, 2.45) is 5.92 Å². The Morgan fingerprint density at radius 2 is 1.88 bits per heavy atom. The smallest absolute Gasteiger partial charge is 0.465 e. The van der Waals surface area contributed by atoms with E-state index in [-0.39, 0.29) is 35.8 Å². The molecule has 1 aromatic heterocycles. The van der Waals surface area contributed by atoms with Crippen LogP contribution in [-0.4, -0.2) is 43.7 Å². The van der Waals surface area contributed by atoms with Crippen molar-refractivity contribution in [1.29, 1.82) is 0 Å². The third-order valence-electron chi connectivity index (χ3n) is 6.22. The molecule has 0 unspecified atom stereocenters. The molecule has 1 amide bonds. The van der Waals surface area contributed by atoms with E-state index >= 15 is 4.39 Å². The van der Waals surface area contributed by atoms with Crippen LogP contribution >= 0.6 is 11.8 Å². The molecule has 0 aliphatic rings. The predicted octanol–water partition coefficient (Wildman–Crippen LogP) is 6.07. The van der Waals surface area contributed by atoms with Gasteiger partial charge in [-0.1, -0.05) is 62.9 Å². The SMILES string of the molecule is CCOc1nc(CC)c(CNC(=O)[C@H](CC(C)C)SC(C)=O)n1Cc1ccc(-c2ccccc2OC(=O)O)cc1F. The molecule has 0 aliphatic carbocycles. The van der Waals surface area contributed by atoms with Crippen molar-refractivity contribution in [2.45, 2.75) is 65.8 Å². The molecule has 0 radical (unpaired) electrons. The van der Waals surface area contributed by atoms with Crippen molar-refractivity contribution < 1.29 is 33.4 Å². The highest BCUT2D eigenvalue weighted by Crippen LogP contribution is 2.32. The lowest BCUT2D eigenvalue weighted by Crippen LogP contribution is -2.34. The number of aromatic nitrogens is 2. The van der Waals surface area contributed by atoms with Gasteiger partial charge in [-0.15, -0.1) is 0 Å². The Bertz CT molecular complexity index is 1390. The van der Waals surface area contributed by atoms with Gasteiger partial charge < -0.3 is 19.9 Å². The number of nitrogens with zero attached hydrogens (tertiary/aromatic N) is 2. The molecule has 0 saturated heterocycles. The zero-order valence-electron chi connectivity index (χ0n) is 23.9. The highest BCUT2D eigenvalue weighted by atomic mass is 32.2. The minimum Gasteiger partial charge on any atom is -0.465 e. The highest BCUT2D eigenvalue weighted by molar-refractivity contribution is 8.14. The predicted molar refractivity (Wildman–Crippen MR) is 156 cm³/mol. The number of carbonyl (C=O) groups is 3. The van der Waals surface area contributed by atoms with Crippen molar-refractivity contribution in [3.05, 3.63) is 65.2 Å². The van der Waals surface area contributed by atoms with Crippen LogP contribution in [0.5, 0.6) is 11.8 Å². The maximum absolute atomic E-state index is 15.5. The molecule has 2 N–H and O–H groups in total. The molecule has 3 rings (SSSR count). The summed E-state index contributed by atoms with van der Waals surface area (Å²) < 4.78 is 27.9. The Morgan fingerprint density at radius 3 is 2.49 bits per heavy atom. The number of halogens is 1. The van der Waals surface area contributed by atoms with Crippen LogP contribution in [0.4, 0.5) is 9.18 Å². The molecule has 0 spiro atoms. The van der Waals surface area contributed by atoms with Gasteiger partial charge in [0, 0.05) is 18.1 Å². The number of nitrogens with one attached hydrogen (secondary N) is 1. The van der Waals surface area contributed by atoms with Crippen molar-refractivity contribution in [1.82, 2.24) is 14.9 Å². The molecule has 0 saturated carbocycles. The lowest BCUT2D eigenvalue weighted by atomic mass is 10.0. The third kappa shape index (κ3) is 8.56. The molecule has 220 valence electrons. The molecule has 2 aromatic carbocycles. The summed E-state index contributed by atoms with van der Waals surface area (Å²) >= 11 is 1.02.